The van der Waals surface area contributed by atoms with Gasteiger partial charge in [-0.15, -0.1) is 0 Å². The zero-order valence-corrected chi connectivity index (χ0v) is 11.9. The Hall–Kier alpha value is -1.28. The lowest BCUT2D eigenvalue weighted by Gasteiger charge is -2.11. The van der Waals surface area contributed by atoms with E-state index in [0.717, 1.165) is 18.9 Å². The van der Waals surface area contributed by atoms with E-state index in [1.807, 2.05) is 7.05 Å². The summed E-state index contributed by atoms with van der Waals surface area (Å²) in [6.07, 6.45) is 9.07. The maximum absolute atomic E-state index is 3.21. The van der Waals surface area contributed by atoms with Crippen LogP contribution in [0.15, 0.2) is 30.5 Å². The SMILES string of the molecule is CNCCc1ccc2c(ccn2CC2CCCC2)c1. The number of hydrogen-bond donors (Lipinski definition) is 1. The van der Waals surface area contributed by atoms with Crippen LogP contribution in [0, 0.1) is 5.92 Å². The molecule has 1 N–H and O–H groups in total. The van der Waals surface area contributed by atoms with E-state index >= 15 is 0 Å². The lowest BCUT2D eigenvalue weighted by Crippen LogP contribution is -2.10. The molecular formula is C17H24N2. The van der Waals surface area contributed by atoms with Gasteiger partial charge in [0.05, 0.1) is 0 Å². The minimum absolute atomic E-state index is 0.902. The molecule has 19 heavy (non-hydrogen) atoms. The predicted octanol–water partition coefficient (Wildman–Crippen LogP) is 3.59. The van der Waals surface area contributed by atoms with Crippen LogP contribution < -0.4 is 5.32 Å². The van der Waals surface area contributed by atoms with Crippen LogP contribution in [-0.4, -0.2) is 18.2 Å². The molecule has 1 heterocycles. The van der Waals surface area contributed by atoms with Gasteiger partial charge < -0.3 is 9.88 Å². The van der Waals surface area contributed by atoms with Crippen molar-refractivity contribution in [3.63, 3.8) is 0 Å². The van der Waals surface area contributed by atoms with Crippen molar-refractivity contribution in [1.29, 1.82) is 0 Å². The third-order valence-electron chi connectivity index (χ3n) is 4.43. The van der Waals surface area contributed by atoms with E-state index < -0.39 is 0 Å². The normalized spacial score (nSPS) is 16.5. The molecular weight excluding hydrogens is 232 g/mol. The van der Waals surface area contributed by atoms with Crippen molar-refractivity contribution in [2.75, 3.05) is 13.6 Å². The first-order chi connectivity index (χ1) is 9.36. The Morgan fingerprint density at radius 1 is 1.21 bits per heavy atom. The molecule has 0 atom stereocenters. The number of nitrogens with one attached hydrogen (secondary N) is 1. The molecule has 2 heteroatoms. The molecule has 1 aromatic heterocycles. The molecule has 1 aromatic carbocycles. The van der Waals surface area contributed by atoms with Gasteiger partial charge in [0.15, 0.2) is 0 Å². The fourth-order valence-corrected chi connectivity index (χ4v) is 3.30. The van der Waals surface area contributed by atoms with Crippen molar-refractivity contribution in [3.8, 4) is 0 Å². The molecule has 0 amide bonds. The first-order valence-electron chi connectivity index (χ1n) is 7.59. The first kappa shape index (κ1) is 12.7. The molecule has 2 nitrogen and oxygen atoms in total. The lowest BCUT2D eigenvalue weighted by atomic mass is 10.1. The van der Waals surface area contributed by atoms with E-state index in [2.05, 4.69) is 40.3 Å². The van der Waals surface area contributed by atoms with Gasteiger partial charge in [-0.05, 0) is 67.9 Å². The van der Waals surface area contributed by atoms with Crippen molar-refractivity contribution in [2.24, 2.45) is 5.92 Å². The van der Waals surface area contributed by atoms with Crippen LogP contribution in [0.5, 0.6) is 0 Å². The van der Waals surface area contributed by atoms with E-state index in [1.54, 1.807) is 0 Å². The molecule has 3 rings (SSSR count). The van der Waals surface area contributed by atoms with Crippen LogP contribution in [0.1, 0.15) is 31.2 Å². The highest BCUT2D eigenvalue weighted by atomic mass is 15.0. The molecule has 0 radical (unpaired) electrons. The molecule has 0 aliphatic heterocycles. The number of hydrogen-bond acceptors (Lipinski definition) is 1. The molecule has 1 fully saturated rings. The van der Waals surface area contributed by atoms with Crippen LogP contribution >= 0.6 is 0 Å². The van der Waals surface area contributed by atoms with E-state index in [0.29, 0.717) is 0 Å². The summed E-state index contributed by atoms with van der Waals surface area (Å²) >= 11 is 0. The van der Waals surface area contributed by atoms with Crippen molar-refractivity contribution >= 4 is 10.9 Å². The van der Waals surface area contributed by atoms with Crippen molar-refractivity contribution in [2.45, 2.75) is 38.6 Å². The average Bonchev–Trinajstić information content (AvgIpc) is 3.07. The smallest absolute Gasteiger partial charge is 0.0480 e. The fraction of sp³-hybridized carbons (Fsp3) is 0.529. The molecule has 1 saturated carbocycles. The van der Waals surface area contributed by atoms with Crippen molar-refractivity contribution < 1.29 is 0 Å². The van der Waals surface area contributed by atoms with Gasteiger partial charge in [-0.3, -0.25) is 0 Å². The summed E-state index contributed by atoms with van der Waals surface area (Å²) in [4.78, 5) is 0. The zero-order chi connectivity index (χ0) is 13.1. The highest BCUT2D eigenvalue weighted by Crippen LogP contribution is 2.28. The molecule has 1 aliphatic carbocycles. The quantitative estimate of drug-likeness (QED) is 0.865. The van der Waals surface area contributed by atoms with E-state index in [-0.39, 0.29) is 0 Å². The van der Waals surface area contributed by atoms with Crippen LogP contribution in [-0.2, 0) is 13.0 Å². The van der Waals surface area contributed by atoms with Crippen LogP contribution in [0.25, 0.3) is 10.9 Å². The Bertz CT molecular complexity index is 535. The molecule has 102 valence electrons. The Balaban J connectivity index is 1.78. The molecule has 1 aliphatic rings. The summed E-state index contributed by atoms with van der Waals surface area (Å²) in [5, 5.41) is 4.61. The minimum atomic E-state index is 0.902. The predicted molar refractivity (Wildman–Crippen MR) is 81.5 cm³/mol. The number of nitrogens with zero attached hydrogens (tertiary/aromatic N) is 1. The number of benzene rings is 1. The first-order valence-corrected chi connectivity index (χ1v) is 7.59. The Morgan fingerprint density at radius 3 is 2.84 bits per heavy atom. The summed E-state index contributed by atoms with van der Waals surface area (Å²) < 4.78 is 2.45. The topological polar surface area (TPSA) is 17.0 Å². The van der Waals surface area contributed by atoms with Gasteiger partial charge in [0.2, 0.25) is 0 Å². The molecule has 0 saturated heterocycles. The number of likely N-dealkylation sites (N-methyl/N-ethyl adjacent to an activating group) is 1. The molecule has 0 spiro atoms. The lowest BCUT2D eigenvalue weighted by molar-refractivity contribution is 0.466. The van der Waals surface area contributed by atoms with Crippen molar-refractivity contribution in [3.05, 3.63) is 36.0 Å². The molecule has 0 unspecified atom stereocenters. The maximum Gasteiger partial charge on any atom is 0.0480 e. The number of rotatable bonds is 5. The van der Waals surface area contributed by atoms with Crippen LogP contribution in [0.2, 0.25) is 0 Å². The van der Waals surface area contributed by atoms with E-state index in [1.165, 1.54) is 48.7 Å². The van der Waals surface area contributed by atoms with Crippen molar-refractivity contribution in [1.82, 2.24) is 9.88 Å². The highest BCUT2D eigenvalue weighted by molar-refractivity contribution is 5.80. The average molecular weight is 256 g/mol. The van der Waals surface area contributed by atoms with Gasteiger partial charge in [0.25, 0.3) is 0 Å². The fourth-order valence-electron chi connectivity index (χ4n) is 3.30. The van der Waals surface area contributed by atoms with E-state index in [9.17, 15) is 0 Å². The second-order valence-electron chi connectivity index (χ2n) is 5.87. The second kappa shape index (κ2) is 5.79. The Morgan fingerprint density at radius 2 is 2.05 bits per heavy atom. The Kier molecular flexibility index (Phi) is 3.88. The third-order valence-corrected chi connectivity index (χ3v) is 4.43. The summed E-state index contributed by atoms with van der Waals surface area (Å²) in [6.45, 7) is 2.26. The summed E-state index contributed by atoms with van der Waals surface area (Å²) in [7, 11) is 2.01. The zero-order valence-electron chi connectivity index (χ0n) is 11.9. The largest absolute Gasteiger partial charge is 0.347 e. The number of aromatic nitrogens is 1. The highest BCUT2D eigenvalue weighted by Gasteiger charge is 2.16. The summed E-state index contributed by atoms with van der Waals surface area (Å²) in [5.41, 5.74) is 2.83. The van der Waals surface area contributed by atoms with Crippen LogP contribution in [0.3, 0.4) is 0 Å². The maximum atomic E-state index is 3.21. The Labute approximate surface area is 115 Å². The molecule has 2 aromatic rings. The van der Waals surface area contributed by atoms with Gasteiger partial charge in [-0.1, -0.05) is 18.9 Å². The number of fused-ring (bicyclic) bond motifs is 1. The molecule has 0 bridgehead atoms. The monoisotopic (exact) mass is 256 g/mol. The minimum Gasteiger partial charge on any atom is -0.347 e. The third kappa shape index (κ3) is 2.84. The standard InChI is InChI=1S/C17H24N2/c1-18-10-8-14-6-7-17-16(12-14)9-11-19(17)13-15-4-2-3-5-15/h6-7,9,11-12,15,18H,2-5,8,10,13H2,1H3. The summed E-state index contributed by atoms with van der Waals surface area (Å²) in [5.74, 6) is 0.902. The van der Waals surface area contributed by atoms with Gasteiger partial charge in [-0.25, -0.2) is 0 Å². The second-order valence-corrected chi connectivity index (χ2v) is 5.87. The van der Waals surface area contributed by atoms with E-state index in [4.69, 9.17) is 0 Å². The van der Waals surface area contributed by atoms with Gasteiger partial charge in [0.1, 0.15) is 0 Å². The van der Waals surface area contributed by atoms with Gasteiger partial charge >= 0.3 is 0 Å². The van der Waals surface area contributed by atoms with Crippen LogP contribution in [0.4, 0.5) is 0 Å². The van der Waals surface area contributed by atoms with Gasteiger partial charge in [-0.2, -0.15) is 0 Å². The van der Waals surface area contributed by atoms with Gasteiger partial charge in [0, 0.05) is 18.3 Å². The summed E-state index contributed by atoms with van der Waals surface area (Å²) in [6, 6.07) is 9.20.